The third-order valence-electron chi connectivity index (χ3n) is 6.39. The first-order valence-corrected chi connectivity index (χ1v) is 10.7. The first-order valence-electron chi connectivity index (χ1n) is 10.4. The number of ether oxygens (including phenoxy) is 1. The maximum absolute atomic E-state index is 6.47. The number of nitrogens with zero attached hydrogens (tertiary/aromatic N) is 2. The van der Waals surface area contributed by atoms with Crippen molar-refractivity contribution in [2.75, 3.05) is 13.7 Å². The van der Waals surface area contributed by atoms with Crippen molar-refractivity contribution < 1.29 is 4.74 Å². The molecule has 4 nitrogen and oxygen atoms in total. The molecule has 1 unspecified atom stereocenters. The fourth-order valence-electron chi connectivity index (χ4n) is 4.81. The van der Waals surface area contributed by atoms with Gasteiger partial charge in [0.15, 0.2) is 0 Å². The topological polar surface area (TPSA) is 41.1 Å². The molecule has 5 rings (SSSR count). The predicted molar refractivity (Wildman–Crippen MR) is 117 cm³/mol. The number of fused-ring (bicyclic) bond motifs is 2. The Morgan fingerprint density at radius 3 is 2.93 bits per heavy atom. The Balaban J connectivity index is 1.37. The van der Waals surface area contributed by atoms with Crippen molar-refractivity contribution in [2.45, 2.75) is 45.2 Å². The Hall–Kier alpha value is -2.30. The molecule has 0 bridgehead atoms. The highest BCUT2D eigenvalue weighted by atomic mass is 35.5. The van der Waals surface area contributed by atoms with Crippen LogP contribution in [0.4, 0.5) is 0 Å². The number of hydrogen-bond donors (Lipinski definition) is 1. The summed E-state index contributed by atoms with van der Waals surface area (Å²) >= 11 is 6.47. The average molecular weight is 408 g/mol. The van der Waals surface area contributed by atoms with E-state index in [1.165, 1.54) is 28.9 Å². The lowest BCUT2D eigenvalue weighted by atomic mass is 9.86. The zero-order chi connectivity index (χ0) is 20.0. The molecule has 2 aliphatic rings. The van der Waals surface area contributed by atoms with Crippen molar-refractivity contribution >= 4 is 11.6 Å². The van der Waals surface area contributed by atoms with Gasteiger partial charge in [0.05, 0.1) is 23.5 Å². The number of nitrogens with one attached hydrogen (secondary N) is 1. The molecular weight excluding hydrogens is 382 g/mol. The summed E-state index contributed by atoms with van der Waals surface area (Å²) in [5.41, 5.74) is 7.38. The second kappa shape index (κ2) is 7.51. The van der Waals surface area contributed by atoms with Crippen LogP contribution in [0.25, 0.3) is 11.4 Å². The molecule has 150 valence electrons. The fraction of sp³-hybridized carbons (Fsp3) is 0.375. The van der Waals surface area contributed by atoms with Gasteiger partial charge in [-0.25, -0.2) is 4.98 Å². The number of benzene rings is 2. The minimum Gasteiger partial charge on any atom is -0.496 e. The van der Waals surface area contributed by atoms with Crippen molar-refractivity contribution in [3.8, 4) is 17.1 Å². The molecule has 1 atom stereocenters. The van der Waals surface area contributed by atoms with Crippen LogP contribution in [0.2, 0.25) is 5.02 Å². The molecule has 2 aromatic carbocycles. The van der Waals surface area contributed by atoms with Crippen molar-refractivity contribution in [1.29, 1.82) is 0 Å². The van der Waals surface area contributed by atoms with Crippen molar-refractivity contribution in [3.05, 3.63) is 69.5 Å². The summed E-state index contributed by atoms with van der Waals surface area (Å²) in [7, 11) is 1.77. The summed E-state index contributed by atoms with van der Waals surface area (Å²) in [6.07, 6.45) is 4.35. The minimum atomic E-state index is 0.543. The number of H-pyrrole nitrogens is 1. The zero-order valence-electron chi connectivity index (χ0n) is 17.0. The van der Waals surface area contributed by atoms with E-state index in [0.29, 0.717) is 6.04 Å². The van der Waals surface area contributed by atoms with Crippen molar-refractivity contribution in [2.24, 2.45) is 0 Å². The lowest BCUT2D eigenvalue weighted by Gasteiger charge is -2.37. The van der Waals surface area contributed by atoms with E-state index < -0.39 is 0 Å². The number of rotatable bonds is 3. The number of methoxy groups -OCH3 is 1. The SMILES string of the molecule is COc1cccc2c1CC(N1CCc3nc(-c4ccc(C)cc4Cl)[nH]c3C1)CC2. The highest BCUT2D eigenvalue weighted by Gasteiger charge is 2.30. The minimum absolute atomic E-state index is 0.543. The quantitative estimate of drug-likeness (QED) is 0.666. The summed E-state index contributed by atoms with van der Waals surface area (Å²) in [5, 5.41) is 0.754. The van der Waals surface area contributed by atoms with Crippen molar-refractivity contribution in [1.82, 2.24) is 14.9 Å². The van der Waals surface area contributed by atoms with Gasteiger partial charge in [0.2, 0.25) is 0 Å². The highest BCUT2D eigenvalue weighted by Crippen LogP contribution is 2.34. The Morgan fingerprint density at radius 1 is 1.21 bits per heavy atom. The standard InChI is InChI=1S/C24H26ClN3O/c1-15-6-9-18(20(25)12-15)24-26-21-10-11-28(14-22(21)27-24)17-8-7-16-4-3-5-23(29-2)19(16)13-17/h3-6,9,12,17H,7-8,10-11,13-14H2,1-2H3,(H,26,27). The first kappa shape index (κ1) is 18.7. The van der Waals surface area contributed by atoms with Crippen LogP contribution in [0.1, 0.15) is 34.5 Å². The van der Waals surface area contributed by atoms with Crippen LogP contribution < -0.4 is 4.74 Å². The monoisotopic (exact) mass is 407 g/mol. The fourth-order valence-corrected chi connectivity index (χ4v) is 5.13. The smallest absolute Gasteiger partial charge is 0.139 e. The van der Waals surface area contributed by atoms with E-state index in [9.17, 15) is 0 Å². The van der Waals surface area contributed by atoms with Crippen LogP contribution in [0.5, 0.6) is 5.75 Å². The number of halogens is 1. The van der Waals surface area contributed by atoms with Crippen LogP contribution in [0.3, 0.4) is 0 Å². The molecule has 0 saturated heterocycles. The van der Waals surface area contributed by atoms with Gasteiger partial charge in [-0.2, -0.15) is 0 Å². The zero-order valence-corrected chi connectivity index (χ0v) is 17.7. The van der Waals surface area contributed by atoms with Gasteiger partial charge in [0.25, 0.3) is 0 Å². The first-order chi connectivity index (χ1) is 14.1. The molecule has 1 aliphatic heterocycles. The van der Waals surface area contributed by atoms with Gasteiger partial charge in [-0.15, -0.1) is 0 Å². The summed E-state index contributed by atoms with van der Waals surface area (Å²) in [5.74, 6) is 1.92. The Bertz CT molecular complexity index is 1040. The molecule has 1 aliphatic carbocycles. The molecule has 3 aromatic rings. The van der Waals surface area contributed by atoms with Crippen LogP contribution >= 0.6 is 11.6 Å². The van der Waals surface area contributed by atoms with Crippen LogP contribution in [-0.4, -0.2) is 34.6 Å². The second-order valence-corrected chi connectivity index (χ2v) is 8.62. The molecule has 1 N–H and O–H groups in total. The molecular formula is C24H26ClN3O. The molecule has 1 aromatic heterocycles. The number of imidazole rings is 1. The molecule has 5 heteroatoms. The van der Waals surface area contributed by atoms with Gasteiger partial charge in [0, 0.05) is 31.1 Å². The molecule has 0 radical (unpaired) electrons. The molecule has 0 spiro atoms. The number of aromatic amines is 1. The molecule has 2 heterocycles. The second-order valence-electron chi connectivity index (χ2n) is 8.21. The summed E-state index contributed by atoms with van der Waals surface area (Å²) in [6, 6.07) is 13.1. The highest BCUT2D eigenvalue weighted by molar-refractivity contribution is 6.33. The Kier molecular flexibility index (Phi) is 4.84. The third-order valence-corrected chi connectivity index (χ3v) is 6.71. The van der Waals surface area contributed by atoms with Gasteiger partial charge in [-0.05, 0) is 61.1 Å². The van der Waals surface area contributed by atoms with E-state index in [4.69, 9.17) is 21.3 Å². The van der Waals surface area contributed by atoms with E-state index >= 15 is 0 Å². The van der Waals surface area contributed by atoms with Crippen LogP contribution in [0, 0.1) is 6.92 Å². The van der Waals surface area contributed by atoms with E-state index in [0.717, 1.165) is 60.1 Å². The largest absolute Gasteiger partial charge is 0.496 e. The summed E-state index contributed by atoms with van der Waals surface area (Å²) in [4.78, 5) is 11.0. The van der Waals surface area contributed by atoms with E-state index in [1.807, 2.05) is 6.07 Å². The molecule has 0 fully saturated rings. The maximum Gasteiger partial charge on any atom is 0.139 e. The summed E-state index contributed by atoms with van der Waals surface area (Å²) in [6.45, 7) is 4.02. The third kappa shape index (κ3) is 3.45. The molecule has 0 saturated carbocycles. The van der Waals surface area contributed by atoms with Gasteiger partial charge < -0.3 is 9.72 Å². The average Bonchev–Trinajstić information content (AvgIpc) is 3.15. The lowest BCUT2D eigenvalue weighted by Crippen LogP contribution is -2.42. The maximum atomic E-state index is 6.47. The molecule has 0 amide bonds. The van der Waals surface area contributed by atoms with Crippen molar-refractivity contribution in [3.63, 3.8) is 0 Å². The summed E-state index contributed by atoms with van der Waals surface area (Å²) < 4.78 is 5.63. The number of hydrogen-bond acceptors (Lipinski definition) is 3. The van der Waals surface area contributed by atoms with E-state index in [-0.39, 0.29) is 0 Å². The number of aromatic nitrogens is 2. The Labute approximate surface area is 176 Å². The van der Waals surface area contributed by atoms with Gasteiger partial charge >= 0.3 is 0 Å². The van der Waals surface area contributed by atoms with Crippen LogP contribution in [-0.2, 0) is 25.8 Å². The normalized spacial score (nSPS) is 18.9. The number of aryl methyl sites for hydroxylation is 2. The van der Waals surface area contributed by atoms with Gasteiger partial charge in [0.1, 0.15) is 11.6 Å². The molecule has 29 heavy (non-hydrogen) atoms. The lowest BCUT2D eigenvalue weighted by molar-refractivity contribution is 0.159. The predicted octanol–water partition coefficient (Wildman–Crippen LogP) is 4.96. The van der Waals surface area contributed by atoms with E-state index in [2.05, 4.69) is 47.1 Å². The Morgan fingerprint density at radius 2 is 2.10 bits per heavy atom. The van der Waals surface area contributed by atoms with Gasteiger partial charge in [-0.1, -0.05) is 29.8 Å². The van der Waals surface area contributed by atoms with E-state index in [1.54, 1.807) is 7.11 Å². The van der Waals surface area contributed by atoms with Gasteiger partial charge in [-0.3, -0.25) is 4.90 Å². The van der Waals surface area contributed by atoms with Crippen LogP contribution in [0.15, 0.2) is 36.4 Å².